The molecule has 0 radical (unpaired) electrons. The van der Waals surface area contributed by atoms with Crippen molar-refractivity contribution in [2.24, 2.45) is 0 Å². The lowest BCUT2D eigenvalue weighted by atomic mass is 10.1. The largest absolute Gasteiger partial charge is 0.313 e. The number of carbonyl (C=O) groups is 1. The lowest BCUT2D eigenvalue weighted by molar-refractivity contribution is -0.111. The molecule has 1 N–H and O–H groups in total. The average molecular weight is 217 g/mol. The van der Waals surface area contributed by atoms with E-state index in [1.807, 2.05) is 6.08 Å². The molecule has 1 aliphatic heterocycles. The van der Waals surface area contributed by atoms with Gasteiger partial charge in [-0.25, -0.2) is 8.42 Å². The molecule has 0 bridgehead atoms. The van der Waals surface area contributed by atoms with Crippen LogP contribution in [-0.2, 0) is 14.6 Å². The second-order valence-corrected chi connectivity index (χ2v) is 5.53. The Bertz CT molecular complexity index is 343. The molecule has 0 amide bonds. The fourth-order valence-corrected chi connectivity index (χ4v) is 2.01. The summed E-state index contributed by atoms with van der Waals surface area (Å²) >= 11 is 0. The highest BCUT2D eigenvalue weighted by molar-refractivity contribution is 8.06. The van der Waals surface area contributed by atoms with Crippen molar-refractivity contribution in [1.82, 2.24) is 5.32 Å². The zero-order chi connectivity index (χ0) is 10.6. The molecule has 1 aliphatic rings. The van der Waals surface area contributed by atoms with E-state index in [2.05, 4.69) is 5.32 Å². The Balaban J connectivity index is 2.61. The Kier molecular flexibility index (Phi) is 3.83. The molecule has 0 atom stereocenters. The van der Waals surface area contributed by atoms with Gasteiger partial charge in [0.2, 0.25) is 15.0 Å². The number of nitrogens with one attached hydrogen (secondary N) is 1. The standard InChI is InChI=1S/C9H15NO3S/c1-2-14(12,13)9(11)7-8-3-5-10-6-4-8/h3,10H,2,4-7H2,1H3. The minimum absolute atomic E-state index is 0.0673. The highest BCUT2D eigenvalue weighted by Crippen LogP contribution is 2.12. The quantitative estimate of drug-likeness (QED) is 0.689. The van der Waals surface area contributed by atoms with Crippen LogP contribution in [0.5, 0.6) is 0 Å². The molecule has 0 aromatic carbocycles. The number of carbonyl (C=O) groups excluding carboxylic acids is 1. The molecule has 1 heterocycles. The van der Waals surface area contributed by atoms with E-state index in [0.29, 0.717) is 0 Å². The van der Waals surface area contributed by atoms with Crippen LogP contribution in [0.15, 0.2) is 11.6 Å². The van der Waals surface area contributed by atoms with Gasteiger partial charge in [-0.15, -0.1) is 0 Å². The van der Waals surface area contributed by atoms with E-state index >= 15 is 0 Å². The van der Waals surface area contributed by atoms with Gasteiger partial charge in [0, 0.05) is 13.0 Å². The van der Waals surface area contributed by atoms with Gasteiger partial charge < -0.3 is 5.32 Å². The average Bonchev–Trinajstić information content (AvgIpc) is 2.19. The maximum absolute atomic E-state index is 11.3. The van der Waals surface area contributed by atoms with Gasteiger partial charge in [-0.1, -0.05) is 18.6 Å². The zero-order valence-electron chi connectivity index (χ0n) is 8.25. The molecule has 0 aromatic rings. The van der Waals surface area contributed by atoms with Gasteiger partial charge in [0.1, 0.15) is 0 Å². The van der Waals surface area contributed by atoms with Crippen molar-refractivity contribution >= 4 is 15.0 Å². The first-order valence-corrected chi connectivity index (χ1v) is 6.35. The normalized spacial score (nSPS) is 17.6. The summed E-state index contributed by atoms with van der Waals surface area (Å²) < 4.78 is 22.4. The smallest absolute Gasteiger partial charge is 0.250 e. The van der Waals surface area contributed by atoms with Crippen LogP contribution in [-0.4, -0.2) is 32.4 Å². The van der Waals surface area contributed by atoms with E-state index in [0.717, 1.165) is 25.1 Å². The van der Waals surface area contributed by atoms with Crippen molar-refractivity contribution in [2.75, 3.05) is 18.8 Å². The van der Waals surface area contributed by atoms with Crippen molar-refractivity contribution in [1.29, 1.82) is 0 Å². The summed E-state index contributed by atoms with van der Waals surface area (Å²) in [4.78, 5) is 11.3. The van der Waals surface area contributed by atoms with Crippen LogP contribution in [0.3, 0.4) is 0 Å². The van der Waals surface area contributed by atoms with E-state index < -0.39 is 15.0 Å². The molecular weight excluding hydrogens is 202 g/mol. The first-order chi connectivity index (χ1) is 6.56. The molecular formula is C9H15NO3S. The monoisotopic (exact) mass is 217 g/mol. The minimum Gasteiger partial charge on any atom is -0.313 e. The SMILES string of the molecule is CCS(=O)(=O)C(=O)CC1=CCNCC1. The van der Waals surface area contributed by atoms with Crippen molar-refractivity contribution in [2.45, 2.75) is 19.8 Å². The Hall–Kier alpha value is -0.680. The summed E-state index contributed by atoms with van der Waals surface area (Å²) in [7, 11) is -3.50. The second kappa shape index (κ2) is 4.70. The molecule has 14 heavy (non-hydrogen) atoms. The third-order valence-corrected chi connectivity index (χ3v) is 3.85. The topological polar surface area (TPSA) is 63.2 Å². The van der Waals surface area contributed by atoms with Gasteiger partial charge >= 0.3 is 0 Å². The summed E-state index contributed by atoms with van der Waals surface area (Å²) in [6.07, 6.45) is 2.73. The molecule has 0 fully saturated rings. The van der Waals surface area contributed by atoms with Gasteiger partial charge in [-0.05, 0) is 13.0 Å². The van der Waals surface area contributed by atoms with Crippen LogP contribution in [0, 0.1) is 0 Å². The van der Waals surface area contributed by atoms with Crippen LogP contribution >= 0.6 is 0 Å². The van der Waals surface area contributed by atoms with Crippen LogP contribution in [0.4, 0.5) is 0 Å². The summed E-state index contributed by atoms with van der Waals surface area (Å²) in [5.74, 6) is -0.0998. The van der Waals surface area contributed by atoms with Crippen molar-refractivity contribution in [3.8, 4) is 0 Å². The first-order valence-electron chi connectivity index (χ1n) is 4.70. The molecule has 0 unspecified atom stereocenters. The fourth-order valence-electron chi connectivity index (χ4n) is 1.29. The van der Waals surface area contributed by atoms with Gasteiger partial charge in [0.25, 0.3) is 0 Å². The Labute approximate surface area is 84.3 Å². The molecule has 0 saturated heterocycles. The maximum atomic E-state index is 11.3. The zero-order valence-corrected chi connectivity index (χ0v) is 9.06. The second-order valence-electron chi connectivity index (χ2n) is 3.27. The third kappa shape index (κ3) is 2.92. The molecule has 0 aliphatic carbocycles. The molecule has 5 heteroatoms. The Morgan fingerprint density at radius 2 is 2.29 bits per heavy atom. The van der Waals surface area contributed by atoms with Gasteiger partial charge in [0.05, 0.1) is 5.75 Å². The molecule has 0 aromatic heterocycles. The molecule has 1 rings (SSSR count). The predicted octanol–water partition coefficient (Wildman–Crippen LogP) is 0.257. The lowest BCUT2D eigenvalue weighted by Crippen LogP contribution is -2.23. The number of rotatable bonds is 3. The minimum atomic E-state index is -3.50. The van der Waals surface area contributed by atoms with Crippen molar-refractivity contribution < 1.29 is 13.2 Å². The van der Waals surface area contributed by atoms with Crippen LogP contribution in [0.25, 0.3) is 0 Å². The highest BCUT2D eigenvalue weighted by atomic mass is 32.2. The number of hydrogen-bond acceptors (Lipinski definition) is 4. The van der Waals surface area contributed by atoms with E-state index in [4.69, 9.17) is 0 Å². The lowest BCUT2D eigenvalue weighted by Gasteiger charge is -2.12. The number of sulfone groups is 1. The summed E-state index contributed by atoms with van der Waals surface area (Å²) in [5.41, 5.74) is 0.936. The van der Waals surface area contributed by atoms with Crippen molar-refractivity contribution in [3.05, 3.63) is 11.6 Å². The summed E-state index contributed by atoms with van der Waals surface area (Å²) in [6.45, 7) is 3.05. The predicted molar refractivity (Wildman–Crippen MR) is 54.7 cm³/mol. The van der Waals surface area contributed by atoms with Gasteiger partial charge in [-0.3, -0.25) is 4.79 Å². The molecule has 0 saturated carbocycles. The van der Waals surface area contributed by atoms with Crippen molar-refractivity contribution in [3.63, 3.8) is 0 Å². The maximum Gasteiger partial charge on any atom is 0.250 e. The number of hydrogen-bond donors (Lipinski definition) is 1. The Morgan fingerprint density at radius 3 is 2.79 bits per heavy atom. The van der Waals surface area contributed by atoms with E-state index in [9.17, 15) is 13.2 Å². The first kappa shape index (κ1) is 11.4. The third-order valence-electron chi connectivity index (χ3n) is 2.26. The molecule has 4 nitrogen and oxygen atoms in total. The summed E-state index contributed by atoms with van der Waals surface area (Å²) in [6, 6.07) is 0. The summed E-state index contributed by atoms with van der Waals surface area (Å²) in [5, 5.41) is 2.46. The fraction of sp³-hybridized carbons (Fsp3) is 0.667. The highest BCUT2D eigenvalue weighted by Gasteiger charge is 2.20. The Morgan fingerprint density at radius 1 is 1.57 bits per heavy atom. The van der Waals surface area contributed by atoms with E-state index in [1.54, 1.807) is 0 Å². The van der Waals surface area contributed by atoms with E-state index in [1.165, 1.54) is 6.92 Å². The van der Waals surface area contributed by atoms with Crippen LogP contribution in [0.1, 0.15) is 19.8 Å². The van der Waals surface area contributed by atoms with Gasteiger partial charge in [-0.2, -0.15) is 0 Å². The van der Waals surface area contributed by atoms with Gasteiger partial charge in [0.15, 0.2) is 0 Å². The van der Waals surface area contributed by atoms with E-state index in [-0.39, 0.29) is 12.2 Å². The van der Waals surface area contributed by atoms with Crippen LogP contribution in [0.2, 0.25) is 0 Å². The molecule has 80 valence electrons. The molecule has 0 spiro atoms. The van der Waals surface area contributed by atoms with Crippen LogP contribution < -0.4 is 5.32 Å².